The van der Waals surface area contributed by atoms with Crippen LogP contribution in [-0.2, 0) is 9.59 Å². The van der Waals surface area contributed by atoms with Crippen molar-refractivity contribution in [3.8, 4) is 5.75 Å². The molecule has 1 aliphatic heterocycles. The van der Waals surface area contributed by atoms with E-state index in [1.807, 2.05) is 45.9 Å². The van der Waals surface area contributed by atoms with Gasteiger partial charge in [0.2, 0.25) is 0 Å². The molecule has 23 heavy (non-hydrogen) atoms. The Morgan fingerprint density at radius 1 is 1.26 bits per heavy atom. The zero-order valence-electron chi connectivity index (χ0n) is 14.2. The van der Waals surface area contributed by atoms with Gasteiger partial charge in [-0.1, -0.05) is 19.9 Å². The SMILES string of the molecule is Cc1ccc(OC(C(=O)N2CCCC2C(=O)O)C(C)C)cc1C. The molecule has 0 saturated carbocycles. The van der Waals surface area contributed by atoms with Crippen molar-refractivity contribution in [2.45, 2.75) is 52.7 Å². The van der Waals surface area contributed by atoms with Crippen LogP contribution in [0.1, 0.15) is 37.8 Å². The summed E-state index contributed by atoms with van der Waals surface area (Å²) in [6, 6.07) is 5.00. The molecule has 5 nitrogen and oxygen atoms in total. The number of carboxylic acids is 1. The summed E-state index contributed by atoms with van der Waals surface area (Å²) < 4.78 is 5.93. The van der Waals surface area contributed by atoms with Gasteiger partial charge in [-0.3, -0.25) is 4.79 Å². The first-order valence-electron chi connectivity index (χ1n) is 8.08. The second-order valence-electron chi connectivity index (χ2n) is 6.56. The molecule has 1 N–H and O–H groups in total. The molecule has 2 atom stereocenters. The second kappa shape index (κ2) is 7.02. The third-order valence-electron chi connectivity index (χ3n) is 4.41. The highest BCUT2D eigenvalue weighted by atomic mass is 16.5. The maximum absolute atomic E-state index is 12.8. The van der Waals surface area contributed by atoms with Crippen LogP contribution < -0.4 is 4.74 Å². The Hall–Kier alpha value is -2.04. The number of carbonyl (C=O) groups excluding carboxylic acids is 1. The van der Waals surface area contributed by atoms with Crippen LogP contribution in [0.4, 0.5) is 0 Å². The zero-order chi connectivity index (χ0) is 17.1. The van der Waals surface area contributed by atoms with Crippen molar-refractivity contribution in [1.29, 1.82) is 0 Å². The van der Waals surface area contributed by atoms with E-state index in [4.69, 9.17) is 4.74 Å². The number of carbonyl (C=O) groups is 2. The summed E-state index contributed by atoms with van der Waals surface area (Å²) in [6.07, 6.45) is 0.559. The van der Waals surface area contributed by atoms with Crippen LogP contribution in [0.2, 0.25) is 0 Å². The van der Waals surface area contributed by atoms with Gasteiger partial charge in [-0.2, -0.15) is 0 Å². The number of aryl methyl sites for hydroxylation is 2. The lowest BCUT2D eigenvalue weighted by Crippen LogP contribution is -2.49. The first-order chi connectivity index (χ1) is 10.8. The topological polar surface area (TPSA) is 66.8 Å². The minimum Gasteiger partial charge on any atom is -0.480 e. The monoisotopic (exact) mass is 319 g/mol. The highest BCUT2D eigenvalue weighted by Crippen LogP contribution is 2.24. The number of likely N-dealkylation sites (tertiary alicyclic amines) is 1. The van der Waals surface area contributed by atoms with E-state index in [9.17, 15) is 14.7 Å². The van der Waals surface area contributed by atoms with Crippen molar-refractivity contribution in [2.75, 3.05) is 6.54 Å². The van der Waals surface area contributed by atoms with E-state index in [1.54, 1.807) is 0 Å². The highest BCUT2D eigenvalue weighted by molar-refractivity contribution is 5.87. The summed E-state index contributed by atoms with van der Waals surface area (Å²) in [7, 11) is 0. The number of rotatable bonds is 5. The number of nitrogens with zero attached hydrogens (tertiary/aromatic N) is 1. The minimum atomic E-state index is -0.940. The highest BCUT2D eigenvalue weighted by Gasteiger charge is 2.39. The first kappa shape index (κ1) is 17.3. The van der Waals surface area contributed by atoms with Crippen LogP contribution >= 0.6 is 0 Å². The van der Waals surface area contributed by atoms with Crippen molar-refractivity contribution < 1.29 is 19.4 Å². The lowest BCUT2D eigenvalue weighted by Gasteiger charge is -2.29. The molecule has 2 rings (SSSR count). The van der Waals surface area contributed by atoms with Crippen LogP contribution in [0.5, 0.6) is 5.75 Å². The molecular weight excluding hydrogens is 294 g/mol. The van der Waals surface area contributed by atoms with Crippen LogP contribution in [0.25, 0.3) is 0 Å². The van der Waals surface area contributed by atoms with Gasteiger partial charge in [0.25, 0.3) is 5.91 Å². The van der Waals surface area contributed by atoms with E-state index < -0.39 is 18.1 Å². The summed E-state index contributed by atoms with van der Waals surface area (Å²) >= 11 is 0. The van der Waals surface area contributed by atoms with Crippen LogP contribution in [0, 0.1) is 19.8 Å². The largest absolute Gasteiger partial charge is 0.480 e. The van der Waals surface area contributed by atoms with Gasteiger partial charge in [-0.05, 0) is 55.9 Å². The average molecular weight is 319 g/mol. The number of aliphatic carboxylic acids is 1. The van der Waals surface area contributed by atoms with Gasteiger partial charge in [0.1, 0.15) is 11.8 Å². The third kappa shape index (κ3) is 3.84. The Morgan fingerprint density at radius 2 is 1.96 bits per heavy atom. The lowest BCUT2D eigenvalue weighted by atomic mass is 10.0. The number of amides is 1. The standard InChI is InChI=1S/C18H25NO4/c1-11(2)16(23-14-8-7-12(3)13(4)10-14)17(20)19-9-5-6-15(19)18(21)22/h7-8,10-11,15-16H,5-6,9H2,1-4H3,(H,21,22). The predicted octanol–water partition coefficient (Wildman–Crippen LogP) is 2.78. The van der Waals surface area contributed by atoms with Crippen LogP contribution in [0.15, 0.2) is 18.2 Å². The first-order valence-corrected chi connectivity index (χ1v) is 8.08. The number of ether oxygens (including phenoxy) is 1. The smallest absolute Gasteiger partial charge is 0.326 e. The molecule has 1 aromatic carbocycles. The fraction of sp³-hybridized carbons (Fsp3) is 0.556. The summed E-state index contributed by atoms with van der Waals surface area (Å²) in [5, 5.41) is 9.27. The molecule has 0 aromatic heterocycles. The van der Waals surface area contributed by atoms with Gasteiger partial charge in [0.05, 0.1) is 0 Å². The molecule has 0 aliphatic carbocycles. The van der Waals surface area contributed by atoms with Gasteiger partial charge in [-0.15, -0.1) is 0 Å². The van der Waals surface area contributed by atoms with Gasteiger partial charge in [0.15, 0.2) is 6.10 Å². The van der Waals surface area contributed by atoms with E-state index in [1.165, 1.54) is 4.90 Å². The van der Waals surface area contributed by atoms with Crippen molar-refractivity contribution in [2.24, 2.45) is 5.92 Å². The molecule has 5 heteroatoms. The number of hydrogen-bond donors (Lipinski definition) is 1. The van der Waals surface area contributed by atoms with Gasteiger partial charge >= 0.3 is 5.97 Å². The zero-order valence-corrected chi connectivity index (χ0v) is 14.2. The molecule has 0 spiro atoms. The van der Waals surface area contributed by atoms with E-state index in [-0.39, 0.29) is 11.8 Å². The van der Waals surface area contributed by atoms with Gasteiger partial charge < -0.3 is 14.7 Å². The molecule has 0 radical (unpaired) electrons. The Labute approximate surface area is 137 Å². The fourth-order valence-corrected chi connectivity index (χ4v) is 2.86. The molecule has 0 bridgehead atoms. The summed E-state index contributed by atoms with van der Waals surface area (Å²) in [4.78, 5) is 25.6. The fourth-order valence-electron chi connectivity index (χ4n) is 2.86. The Morgan fingerprint density at radius 3 is 2.52 bits per heavy atom. The maximum Gasteiger partial charge on any atom is 0.326 e. The van der Waals surface area contributed by atoms with Crippen molar-refractivity contribution in [3.05, 3.63) is 29.3 Å². The number of benzene rings is 1. The van der Waals surface area contributed by atoms with E-state index in [2.05, 4.69) is 0 Å². The average Bonchev–Trinajstić information content (AvgIpc) is 2.97. The van der Waals surface area contributed by atoms with Crippen molar-refractivity contribution >= 4 is 11.9 Å². The molecular formula is C18H25NO4. The van der Waals surface area contributed by atoms with Gasteiger partial charge in [-0.25, -0.2) is 4.79 Å². The van der Waals surface area contributed by atoms with E-state index >= 15 is 0 Å². The summed E-state index contributed by atoms with van der Waals surface area (Å²) in [6.45, 7) is 8.32. The molecule has 1 heterocycles. The molecule has 1 amide bonds. The summed E-state index contributed by atoms with van der Waals surface area (Å²) in [5.74, 6) is -0.571. The maximum atomic E-state index is 12.8. The molecule has 1 fully saturated rings. The number of hydrogen-bond acceptors (Lipinski definition) is 3. The van der Waals surface area contributed by atoms with Gasteiger partial charge in [0, 0.05) is 6.54 Å². The normalized spacial score (nSPS) is 19.0. The minimum absolute atomic E-state index is 0.0424. The molecule has 1 saturated heterocycles. The lowest BCUT2D eigenvalue weighted by molar-refractivity contribution is -0.152. The molecule has 126 valence electrons. The van der Waals surface area contributed by atoms with Crippen LogP contribution in [0.3, 0.4) is 0 Å². The van der Waals surface area contributed by atoms with E-state index in [0.29, 0.717) is 18.7 Å². The number of carboxylic acid groups (broad SMARTS) is 1. The summed E-state index contributed by atoms with van der Waals surface area (Å²) in [5.41, 5.74) is 2.26. The molecule has 1 aliphatic rings. The Bertz CT molecular complexity index is 597. The second-order valence-corrected chi connectivity index (χ2v) is 6.56. The van der Waals surface area contributed by atoms with Crippen LogP contribution in [-0.4, -0.2) is 40.6 Å². The third-order valence-corrected chi connectivity index (χ3v) is 4.41. The van der Waals surface area contributed by atoms with E-state index in [0.717, 1.165) is 17.5 Å². The van der Waals surface area contributed by atoms with Crippen molar-refractivity contribution in [3.63, 3.8) is 0 Å². The molecule has 2 unspecified atom stereocenters. The Balaban J connectivity index is 2.19. The predicted molar refractivity (Wildman–Crippen MR) is 87.5 cm³/mol. The Kier molecular flexibility index (Phi) is 5.29. The molecule has 1 aromatic rings. The quantitative estimate of drug-likeness (QED) is 0.906. The van der Waals surface area contributed by atoms with Crippen molar-refractivity contribution in [1.82, 2.24) is 4.90 Å².